The first kappa shape index (κ1) is 9.66. The average Bonchev–Trinajstić information content (AvgIpc) is 2.11. The molecule has 1 aliphatic carbocycles. The van der Waals surface area contributed by atoms with Crippen LogP contribution in [0.15, 0.2) is 18.2 Å². The Balaban J connectivity index is 2.45. The van der Waals surface area contributed by atoms with Crippen molar-refractivity contribution in [1.29, 1.82) is 0 Å². The number of halogens is 1. The molecule has 2 heteroatoms. The number of aliphatic hydroxyl groups is 1. The van der Waals surface area contributed by atoms with Gasteiger partial charge in [0.1, 0.15) is 5.82 Å². The van der Waals surface area contributed by atoms with Crippen LogP contribution in [0.25, 0.3) is 0 Å². The van der Waals surface area contributed by atoms with E-state index in [4.69, 9.17) is 0 Å². The van der Waals surface area contributed by atoms with Gasteiger partial charge in [0.15, 0.2) is 0 Å². The number of benzene rings is 1. The van der Waals surface area contributed by atoms with Gasteiger partial charge in [-0.2, -0.15) is 0 Å². The molecule has 0 atom stereocenters. The monoisotopic (exact) mass is 194 g/mol. The van der Waals surface area contributed by atoms with Crippen LogP contribution in [0, 0.1) is 12.7 Å². The molecule has 14 heavy (non-hydrogen) atoms. The van der Waals surface area contributed by atoms with E-state index in [1.165, 1.54) is 6.07 Å². The molecule has 0 unspecified atom stereocenters. The Bertz CT molecular complexity index is 337. The molecule has 0 saturated heterocycles. The van der Waals surface area contributed by atoms with E-state index in [1.54, 1.807) is 13.0 Å². The number of hydrogen-bond donors (Lipinski definition) is 1. The summed E-state index contributed by atoms with van der Waals surface area (Å²) >= 11 is 0. The second-order valence-electron chi connectivity index (χ2n) is 4.20. The predicted octanol–water partition coefficient (Wildman–Crippen LogP) is 2.55. The van der Waals surface area contributed by atoms with Gasteiger partial charge in [0.2, 0.25) is 0 Å². The largest absolute Gasteiger partial charge is 0.395 e. The Morgan fingerprint density at radius 1 is 1.43 bits per heavy atom. The van der Waals surface area contributed by atoms with Gasteiger partial charge in [-0.3, -0.25) is 0 Å². The molecule has 0 amide bonds. The summed E-state index contributed by atoms with van der Waals surface area (Å²) in [6, 6.07) is 5.14. The fraction of sp³-hybridized carbons (Fsp3) is 0.500. The summed E-state index contributed by atoms with van der Waals surface area (Å²) < 4.78 is 13.3. The fourth-order valence-corrected chi connectivity index (χ4v) is 2.30. The van der Waals surface area contributed by atoms with Crippen LogP contribution in [0.3, 0.4) is 0 Å². The summed E-state index contributed by atoms with van der Waals surface area (Å²) in [5.41, 5.74) is 1.54. The summed E-state index contributed by atoms with van der Waals surface area (Å²) in [5.74, 6) is -0.165. The lowest BCUT2D eigenvalue weighted by molar-refractivity contribution is 0.119. The SMILES string of the molecule is Cc1c(F)cccc1C1(CO)CCC1. The first-order valence-corrected chi connectivity index (χ1v) is 5.06. The van der Waals surface area contributed by atoms with E-state index in [-0.39, 0.29) is 17.8 Å². The second kappa shape index (κ2) is 3.35. The van der Waals surface area contributed by atoms with E-state index >= 15 is 0 Å². The Hall–Kier alpha value is -0.890. The van der Waals surface area contributed by atoms with Crippen molar-refractivity contribution < 1.29 is 9.50 Å². The third-order valence-corrected chi connectivity index (χ3v) is 3.45. The zero-order valence-electron chi connectivity index (χ0n) is 8.39. The summed E-state index contributed by atoms with van der Waals surface area (Å²) in [5, 5.41) is 9.38. The zero-order chi connectivity index (χ0) is 10.2. The van der Waals surface area contributed by atoms with E-state index in [0.29, 0.717) is 5.56 Å². The highest BCUT2D eigenvalue weighted by Crippen LogP contribution is 2.44. The molecule has 1 nitrogen and oxygen atoms in total. The minimum Gasteiger partial charge on any atom is -0.395 e. The molecule has 1 fully saturated rings. The third-order valence-electron chi connectivity index (χ3n) is 3.45. The van der Waals surface area contributed by atoms with Gasteiger partial charge in [0.25, 0.3) is 0 Å². The second-order valence-corrected chi connectivity index (χ2v) is 4.20. The maximum absolute atomic E-state index is 13.3. The van der Waals surface area contributed by atoms with E-state index in [0.717, 1.165) is 24.8 Å². The Kier molecular flexibility index (Phi) is 2.31. The molecule has 0 heterocycles. The topological polar surface area (TPSA) is 20.2 Å². The van der Waals surface area contributed by atoms with E-state index < -0.39 is 0 Å². The van der Waals surface area contributed by atoms with Gasteiger partial charge in [-0.15, -0.1) is 0 Å². The van der Waals surface area contributed by atoms with Crippen LogP contribution < -0.4 is 0 Å². The van der Waals surface area contributed by atoms with Crippen molar-refractivity contribution in [3.63, 3.8) is 0 Å². The van der Waals surface area contributed by atoms with Gasteiger partial charge in [0.05, 0.1) is 6.61 Å². The van der Waals surface area contributed by atoms with Crippen LogP contribution in [0.4, 0.5) is 4.39 Å². The summed E-state index contributed by atoms with van der Waals surface area (Å²) in [7, 11) is 0. The van der Waals surface area contributed by atoms with Crippen molar-refractivity contribution in [2.45, 2.75) is 31.6 Å². The summed E-state index contributed by atoms with van der Waals surface area (Å²) in [4.78, 5) is 0. The molecule has 76 valence electrons. The van der Waals surface area contributed by atoms with Crippen molar-refractivity contribution >= 4 is 0 Å². The van der Waals surface area contributed by atoms with Crippen LogP contribution in [-0.4, -0.2) is 11.7 Å². The van der Waals surface area contributed by atoms with Crippen molar-refractivity contribution in [2.24, 2.45) is 0 Å². The molecule has 0 aromatic heterocycles. The molecule has 1 saturated carbocycles. The highest BCUT2D eigenvalue weighted by molar-refractivity contribution is 5.36. The Labute approximate surface area is 83.6 Å². The van der Waals surface area contributed by atoms with E-state index in [9.17, 15) is 9.50 Å². The van der Waals surface area contributed by atoms with Gasteiger partial charge in [-0.05, 0) is 37.0 Å². The van der Waals surface area contributed by atoms with Gasteiger partial charge < -0.3 is 5.11 Å². The highest BCUT2D eigenvalue weighted by Gasteiger charge is 2.39. The molecule has 1 aliphatic rings. The quantitative estimate of drug-likeness (QED) is 0.767. The highest BCUT2D eigenvalue weighted by atomic mass is 19.1. The minimum atomic E-state index is -0.165. The summed E-state index contributed by atoms with van der Waals surface area (Å²) in [6.45, 7) is 1.93. The molecule has 1 N–H and O–H groups in total. The molecule has 2 rings (SSSR count). The van der Waals surface area contributed by atoms with Crippen LogP contribution in [0.2, 0.25) is 0 Å². The Morgan fingerprint density at radius 2 is 2.14 bits per heavy atom. The molecular weight excluding hydrogens is 179 g/mol. The lowest BCUT2D eigenvalue weighted by atomic mass is 9.64. The minimum absolute atomic E-state index is 0.136. The fourth-order valence-electron chi connectivity index (χ4n) is 2.30. The maximum Gasteiger partial charge on any atom is 0.126 e. The lowest BCUT2D eigenvalue weighted by Gasteiger charge is -2.41. The average molecular weight is 194 g/mol. The van der Waals surface area contributed by atoms with Gasteiger partial charge >= 0.3 is 0 Å². The first-order chi connectivity index (χ1) is 6.69. The maximum atomic E-state index is 13.3. The standard InChI is InChI=1S/C12H15FO/c1-9-10(4-2-5-11(9)13)12(8-14)6-3-7-12/h2,4-5,14H,3,6-8H2,1H3. The molecule has 1 aromatic rings. The first-order valence-electron chi connectivity index (χ1n) is 5.06. The van der Waals surface area contributed by atoms with Crippen LogP contribution >= 0.6 is 0 Å². The molecule has 0 aliphatic heterocycles. The van der Waals surface area contributed by atoms with Crippen LogP contribution in [0.1, 0.15) is 30.4 Å². The van der Waals surface area contributed by atoms with Crippen molar-refractivity contribution in [2.75, 3.05) is 6.61 Å². The van der Waals surface area contributed by atoms with Crippen molar-refractivity contribution in [3.8, 4) is 0 Å². The molecule has 0 spiro atoms. The molecule has 1 aromatic carbocycles. The predicted molar refractivity (Wildman–Crippen MR) is 53.8 cm³/mol. The summed E-state index contributed by atoms with van der Waals surface area (Å²) in [6.07, 6.45) is 3.10. The molecule has 0 bridgehead atoms. The van der Waals surface area contributed by atoms with E-state index in [2.05, 4.69) is 0 Å². The molecule has 0 radical (unpaired) electrons. The van der Waals surface area contributed by atoms with Crippen LogP contribution in [-0.2, 0) is 5.41 Å². The van der Waals surface area contributed by atoms with Gasteiger partial charge in [-0.25, -0.2) is 4.39 Å². The molecular formula is C12H15FO. The van der Waals surface area contributed by atoms with Gasteiger partial charge in [0, 0.05) is 5.41 Å². The Morgan fingerprint density at radius 3 is 2.64 bits per heavy atom. The normalized spacial score (nSPS) is 19.1. The smallest absolute Gasteiger partial charge is 0.126 e. The number of hydrogen-bond acceptors (Lipinski definition) is 1. The third kappa shape index (κ3) is 1.25. The lowest BCUT2D eigenvalue weighted by Crippen LogP contribution is -2.38. The number of rotatable bonds is 2. The van der Waals surface area contributed by atoms with E-state index in [1.807, 2.05) is 6.07 Å². The zero-order valence-corrected chi connectivity index (χ0v) is 8.39. The van der Waals surface area contributed by atoms with Gasteiger partial charge in [-0.1, -0.05) is 18.6 Å². The van der Waals surface area contributed by atoms with Crippen molar-refractivity contribution in [1.82, 2.24) is 0 Å². The number of aliphatic hydroxyl groups excluding tert-OH is 1. The van der Waals surface area contributed by atoms with Crippen molar-refractivity contribution in [3.05, 3.63) is 35.1 Å². The van der Waals surface area contributed by atoms with Crippen LogP contribution in [0.5, 0.6) is 0 Å².